The number of aromatic nitrogens is 2. The zero-order valence-electron chi connectivity index (χ0n) is 21.8. The van der Waals surface area contributed by atoms with Crippen LogP contribution in [0.3, 0.4) is 0 Å². The average molecular weight is 597 g/mol. The Kier molecular flexibility index (Phi) is 6.89. The van der Waals surface area contributed by atoms with Crippen LogP contribution < -0.4 is 4.74 Å². The molecule has 4 aromatic rings. The summed E-state index contributed by atoms with van der Waals surface area (Å²) in [5, 5.41) is 5.18. The molecule has 6 rings (SSSR count). The summed E-state index contributed by atoms with van der Waals surface area (Å²) in [4.78, 5) is 15.6. The Bertz CT molecular complexity index is 1690. The van der Waals surface area contributed by atoms with Crippen molar-refractivity contribution < 1.29 is 17.9 Å². The molecule has 0 bridgehead atoms. The Morgan fingerprint density at radius 3 is 2.52 bits per heavy atom. The van der Waals surface area contributed by atoms with Gasteiger partial charge in [0, 0.05) is 35.4 Å². The molecule has 3 aromatic carbocycles. The Morgan fingerprint density at radius 1 is 1.07 bits per heavy atom. The van der Waals surface area contributed by atoms with Gasteiger partial charge in [0.2, 0.25) is 0 Å². The number of carbonyl (C=O) groups excluding carboxylic acids is 1. The van der Waals surface area contributed by atoms with Crippen LogP contribution >= 0.6 is 23.2 Å². The minimum absolute atomic E-state index is 0.181. The predicted molar refractivity (Wildman–Crippen MR) is 154 cm³/mol. The molecule has 10 heteroatoms. The van der Waals surface area contributed by atoms with E-state index < -0.39 is 20.6 Å². The van der Waals surface area contributed by atoms with Crippen LogP contribution in [0.2, 0.25) is 10.0 Å². The van der Waals surface area contributed by atoms with Crippen LogP contribution in [-0.2, 0) is 34.7 Å². The minimum atomic E-state index is -3.89. The lowest BCUT2D eigenvalue weighted by Crippen LogP contribution is -2.52. The molecule has 0 spiro atoms. The lowest BCUT2D eigenvalue weighted by molar-refractivity contribution is 0.0712. The van der Waals surface area contributed by atoms with Crippen molar-refractivity contribution in [2.45, 2.75) is 41.6 Å². The van der Waals surface area contributed by atoms with Gasteiger partial charge < -0.3 is 9.64 Å². The van der Waals surface area contributed by atoms with Crippen LogP contribution in [0.15, 0.2) is 84.0 Å². The van der Waals surface area contributed by atoms with Gasteiger partial charge in [0.25, 0.3) is 5.91 Å². The van der Waals surface area contributed by atoms with E-state index in [9.17, 15) is 13.2 Å². The van der Waals surface area contributed by atoms with Crippen LogP contribution in [0, 0.1) is 0 Å². The van der Waals surface area contributed by atoms with Gasteiger partial charge in [0.15, 0.2) is 9.84 Å². The molecular formula is C30H27Cl2N3O4S. The second-order valence-electron chi connectivity index (χ2n) is 10.2. The number of hydrogen-bond acceptors (Lipinski definition) is 5. The number of fused-ring (bicyclic) bond motifs is 3. The fourth-order valence-electron chi connectivity index (χ4n) is 6.17. The zero-order valence-corrected chi connectivity index (χ0v) is 24.1. The minimum Gasteiger partial charge on any atom is -0.489 e. The van der Waals surface area contributed by atoms with E-state index in [4.69, 9.17) is 27.9 Å². The summed E-state index contributed by atoms with van der Waals surface area (Å²) in [5.41, 5.74) is 2.75. The molecule has 7 nitrogen and oxygen atoms in total. The molecule has 2 aliphatic rings. The van der Waals surface area contributed by atoms with E-state index >= 15 is 0 Å². The number of likely N-dealkylation sites (tertiary alicyclic amines) is 1. The van der Waals surface area contributed by atoms with Gasteiger partial charge in [-0.2, -0.15) is 5.10 Å². The summed E-state index contributed by atoms with van der Waals surface area (Å²) in [7, 11) is -2.14. The largest absolute Gasteiger partial charge is 0.489 e. The SMILES string of the molecule is Cn1cc(C(=O)N2CC[C@@]3(S(=O)(=O)c4ccccc4)c4ccc(OCc5c(Cl)cccc5Cl)cc4CC[C@@H]23)cn1. The highest BCUT2D eigenvalue weighted by molar-refractivity contribution is 7.92. The molecule has 0 unspecified atom stereocenters. The fraction of sp³-hybridized carbons (Fsp3) is 0.267. The van der Waals surface area contributed by atoms with Gasteiger partial charge in [-0.25, -0.2) is 8.42 Å². The van der Waals surface area contributed by atoms with Crippen molar-refractivity contribution >= 4 is 38.9 Å². The van der Waals surface area contributed by atoms with Crippen molar-refractivity contribution in [2.24, 2.45) is 7.05 Å². The summed E-state index contributed by atoms with van der Waals surface area (Å²) < 4.78 is 35.4. The average Bonchev–Trinajstić information content (AvgIpc) is 3.57. The highest BCUT2D eigenvalue weighted by atomic mass is 35.5. The van der Waals surface area contributed by atoms with Crippen molar-refractivity contribution in [3.05, 3.63) is 111 Å². The lowest BCUT2D eigenvalue weighted by Gasteiger charge is -2.42. The van der Waals surface area contributed by atoms with Crippen molar-refractivity contribution in [3.63, 3.8) is 0 Å². The maximum absolute atomic E-state index is 14.5. The lowest BCUT2D eigenvalue weighted by atomic mass is 9.78. The molecule has 2 atom stereocenters. The molecule has 40 heavy (non-hydrogen) atoms. The summed E-state index contributed by atoms with van der Waals surface area (Å²) in [6.07, 6.45) is 4.60. The monoisotopic (exact) mass is 595 g/mol. The number of halogens is 2. The van der Waals surface area contributed by atoms with E-state index in [2.05, 4.69) is 5.10 Å². The van der Waals surface area contributed by atoms with Gasteiger partial charge >= 0.3 is 0 Å². The third kappa shape index (κ3) is 4.29. The molecule has 0 saturated carbocycles. The topological polar surface area (TPSA) is 81.5 Å². The molecule has 1 aliphatic heterocycles. The first-order valence-corrected chi connectivity index (χ1v) is 15.2. The van der Waals surface area contributed by atoms with Crippen LogP contribution in [0.5, 0.6) is 5.75 Å². The molecule has 1 saturated heterocycles. The number of nitrogens with zero attached hydrogens (tertiary/aromatic N) is 3. The molecule has 1 fully saturated rings. The maximum atomic E-state index is 14.5. The van der Waals surface area contributed by atoms with Crippen LogP contribution in [0.1, 0.15) is 39.9 Å². The summed E-state index contributed by atoms with van der Waals surface area (Å²) in [6.45, 7) is 0.508. The molecule has 1 aromatic heterocycles. The van der Waals surface area contributed by atoms with E-state index in [1.54, 1.807) is 77.4 Å². The quantitative estimate of drug-likeness (QED) is 0.280. The number of ether oxygens (including phenoxy) is 1. The number of hydrogen-bond donors (Lipinski definition) is 0. The first-order chi connectivity index (χ1) is 19.2. The maximum Gasteiger partial charge on any atom is 0.257 e. The Balaban J connectivity index is 1.41. The normalized spacial score (nSPS) is 20.2. The van der Waals surface area contributed by atoms with Gasteiger partial charge in [-0.1, -0.05) is 53.5 Å². The van der Waals surface area contributed by atoms with Crippen LogP contribution in [-0.4, -0.2) is 41.6 Å². The Morgan fingerprint density at radius 2 is 1.82 bits per heavy atom. The number of rotatable bonds is 6. The second-order valence-corrected chi connectivity index (χ2v) is 13.2. The smallest absolute Gasteiger partial charge is 0.257 e. The van der Waals surface area contributed by atoms with Gasteiger partial charge in [0.05, 0.1) is 22.7 Å². The standard InChI is InChI=1S/C30H27Cl2N3O4S/c1-34-18-21(17-33-34)29(36)35-15-14-30(40(37,38)23-6-3-2-4-7-23)25-12-11-22(16-20(25)10-13-28(30)35)39-19-24-26(31)8-5-9-27(24)32/h2-9,11-12,16-18,28H,10,13-15,19H2,1H3/t28-,30-/m1/s1. The highest BCUT2D eigenvalue weighted by Crippen LogP contribution is 2.53. The van der Waals surface area contributed by atoms with Gasteiger partial charge in [-0.3, -0.25) is 9.48 Å². The van der Waals surface area contributed by atoms with Gasteiger partial charge in [-0.15, -0.1) is 0 Å². The number of aryl methyl sites for hydroxylation is 2. The molecule has 0 N–H and O–H groups in total. The first kappa shape index (κ1) is 26.9. The molecule has 2 heterocycles. The third-order valence-electron chi connectivity index (χ3n) is 8.05. The van der Waals surface area contributed by atoms with E-state index in [1.165, 1.54) is 6.20 Å². The summed E-state index contributed by atoms with van der Waals surface area (Å²) >= 11 is 12.6. The van der Waals surface area contributed by atoms with Crippen LogP contribution in [0.25, 0.3) is 0 Å². The van der Waals surface area contributed by atoms with Crippen molar-refractivity contribution in [1.29, 1.82) is 0 Å². The molecule has 206 valence electrons. The third-order valence-corrected chi connectivity index (χ3v) is 11.3. The summed E-state index contributed by atoms with van der Waals surface area (Å²) in [5.74, 6) is 0.394. The van der Waals surface area contributed by atoms with E-state index in [-0.39, 0.29) is 17.4 Å². The molecule has 1 aliphatic carbocycles. The van der Waals surface area contributed by atoms with Gasteiger partial charge in [0.1, 0.15) is 17.1 Å². The zero-order chi connectivity index (χ0) is 28.1. The highest BCUT2D eigenvalue weighted by Gasteiger charge is 2.60. The Hall–Kier alpha value is -3.33. The van der Waals surface area contributed by atoms with E-state index in [0.717, 1.165) is 11.1 Å². The van der Waals surface area contributed by atoms with Crippen LogP contribution in [0.4, 0.5) is 0 Å². The molecule has 0 radical (unpaired) electrons. The molecule has 1 amide bonds. The number of benzene rings is 3. The predicted octanol–water partition coefficient (Wildman–Crippen LogP) is 5.84. The van der Waals surface area contributed by atoms with Crippen molar-refractivity contribution in [2.75, 3.05) is 6.54 Å². The number of amides is 1. The van der Waals surface area contributed by atoms with E-state index in [1.807, 2.05) is 12.1 Å². The first-order valence-electron chi connectivity index (χ1n) is 13.0. The van der Waals surface area contributed by atoms with Crippen molar-refractivity contribution in [1.82, 2.24) is 14.7 Å². The summed E-state index contributed by atoms with van der Waals surface area (Å²) in [6, 6.07) is 18.8. The molecular weight excluding hydrogens is 569 g/mol. The Labute approximate surface area is 243 Å². The second kappa shape index (κ2) is 10.3. The number of sulfone groups is 1. The van der Waals surface area contributed by atoms with Crippen molar-refractivity contribution in [3.8, 4) is 5.75 Å². The van der Waals surface area contributed by atoms with E-state index in [0.29, 0.717) is 52.7 Å². The fourth-order valence-corrected chi connectivity index (χ4v) is 9.06. The van der Waals surface area contributed by atoms with Gasteiger partial charge in [-0.05, 0) is 66.8 Å². The number of carbonyl (C=O) groups is 1.